The van der Waals surface area contributed by atoms with Crippen LogP contribution in [0.2, 0.25) is 0 Å². The van der Waals surface area contributed by atoms with Gasteiger partial charge < -0.3 is 0 Å². The molecule has 0 fully saturated rings. The minimum atomic E-state index is 0.668. The highest BCUT2D eigenvalue weighted by atomic mass is 32.1. The Hall–Kier alpha value is -5.53. The predicted molar refractivity (Wildman–Crippen MR) is 199 cm³/mol. The number of fused-ring (bicyclic) bond motifs is 6. The van der Waals surface area contributed by atoms with Crippen LogP contribution in [-0.4, -0.2) is 0 Å². The molecule has 2 aromatic heterocycles. The van der Waals surface area contributed by atoms with Gasteiger partial charge in [0.25, 0.3) is 0 Å². The van der Waals surface area contributed by atoms with E-state index in [4.69, 9.17) is 0 Å². The molecule has 9 rings (SSSR count). The van der Waals surface area contributed by atoms with E-state index in [2.05, 4.69) is 140 Å². The summed E-state index contributed by atoms with van der Waals surface area (Å²) in [6.07, 6.45) is 0. The molecule has 0 unspecified atom stereocenters. The van der Waals surface area contributed by atoms with E-state index in [0.717, 1.165) is 44.5 Å². The van der Waals surface area contributed by atoms with E-state index < -0.39 is 0 Å². The van der Waals surface area contributed by atoms with Crippen LogP contribution in [-0.2, 0) is 0 Å². The molecule has 3 heteroatoms. The zero-order valence-electron chi connectivity index (χ0n) is 24.7. The van der Waals surface area contributed by atoms with Crippen LogP contribution in [0.4, 0.5) is 0 Å². The van der Waals surface area contributed by atoms with Gasteiger partial charge in [0.15, 0.2) is 0 Å². The van der Waals surface area contributed by atoms with E-state index in [1.807, 2.05) is 40.9 Å². The quantitative estimate of drug-likeness (QED) is 0.192. The zero-order valence-corrected chi connectivity index (χ0v) is 26.3. The van der Waals surface area contributed by atoms with Crippen molar-refractivity contribution in [2.75, 3.05) is 0 Å². The molecule has 0 amide bonds. The molecule has 214 valence electrons. The number of thiophene rings is 2. The lowest BCUT2D eigenvalue weighted by molar-refractivity contribution is 1.47. The number of nitriles is 1. The Labute approximate surface area is 274 Å². The highest BCUT2D eigenvalue weighted by Gasteiger charge is 2.20. The smallest absolute Gasteiger partial charge is 0.0998 e. The van der Waals surface area contributed by atoms with Crippen molar-refractivity contribution < 1.29 is 0 Å². The van der Waals surface area contributed by atoms with Gasteiger partial charge in [0.05, 0.1) is 11.6 Å². The molecule has 0 spiro atoms. The average molecular weight is 620 g/mol. The second-order valence-corrected chi connectivity index (χ2v) is 13.8. The van der Waals surface area contributed by atoms with Crippen LogP contribution in [0, 0.1) is 11.3 Å². The molecule has 0 aliphatic carbocycles. The molecule has 0 saturated heterocycles. The van der Waals surface area contributed by atoms with Gasteiger partial charge in [-0.1, -0.05) is 97.1 Å². The summed E-state index contributed by atoms with van der Waals surface area (Å²) in [5.41, 5.74) is 9.53. The fourth-order valence-corrected chi connectivity index (χ4v) is 8.95. The van der Waals surface area contributed by atoms with Crippen molar-refractivity contribution >= 4 is 63.0 Å². The van der Waals surface area contributed by atoms with E-state index in [1.165, 1.54) is 40.3 Å². The van der Waals surface area contributed by atoms with Gasteiger partial charge >= 0.3 is 0 Å². The third-order valence-corrected chi connectivity index (χ3v) is 11.2. The van der Waals surface area contributed by atoms with E-state index in [9.17, 15) is 5.26 Å². The minimum Gasteiger partial charge on any atom is -0.192 e. The summed E-state index contributed by atoms with van der Waals surface area (Å²) < 4.78 is 5.16. The first-order valence-electron chi connectivity index (χ1n) is 15.3. The van der Waals surface area contributed by atoms with Crippen LogP contribution >= 0.6 is 22.7 Å². The summed E-state index contributed by atoms with van der Waals surface area (Å²) in [4.78, 5) is 0. The number of benzene rings is 7. The van der Waals surface area contributed by atoms with E-state index in [1.54, 1.807) is 0 Å². The molecule has 7 aromatic carbocycles. The van der Waals surface area contributed by atoms with Gasteiger partial charge in [-0.2, -0.15) is 5.26 Å². The van der Waals surface area contributed by atoms with Crippen molar-refractivity contribution in [1.29, 1.82) is 5.26 Å². The third-order valence-electron chi connectivity index (χ3n) is 8.94. The molecule has 9 aromatic rings. The Morgan fingerprint density at radius 3 is 1.61 bits per heavy atom. The van der Waals surface area contributed by atoms with Crippen molar-refractivity contribution in [2.45, 2.75) is 0 Å². The van der Waals surface area contributed by atoms with Crippen LogP contribution in [0.1, 0.15) is 5.56 Å². The first-order chi connectivity index (χ1) is 22.7. The van der Waals surface area contributed by atoms with Gasteiger partial charge in [-0.15, -0.1) is 22.7 Å². The second kappa shape index (κ2) is 10.8. The Bertz CT molecular complexity index is 2650. The maximum atomic E-state index is 10.3. The fraction of sp³-hybridized carbons (Fsp3) is 0. The highest BCUT2D eigenvalue weighted by Crippen LogP contribution is 2.46. The summed E-state index contributed by atoms with van der Waals surface area (Å²) in [7, 11) is 0. The van der Waals surface area contributed by atoms with Gasteiger partial charge in [0.1, 0.15) is 0 Å². The lowest BCUT2D eigenvalue weighted by Crippen LogP contribution is -1.95. The number of rotatable bonds is 4. The Kier molecular flexibility index (Phi) is 6.31. The van der Waals surface area contributed by atoms with Crippen LogP contribution in [0.15, 0.2) is 152 Å². The second-order valence-electron chi connectivity index (χ2n) is 11.6. The molecule has 1 nitrogen and oxygen atoms in total. The minimum absolute atomic E-state index is 0.668. The molecule has 0 bridgehead atoms. The number of hydrogen-bond acceptors (Lipinski definition) is 3. The van der Waals surface area contributed by atoms with Crippen LogP contribution in [0.3, 0.4) is 0 Å². The molecule has 0 aliphatic rings. The van der Waals surface area contributed by atoms with Gasteiger partial charge in [-0.25, -0.2) is 0 Å². The topological polar surface area (TPSA) is 23.8 Å². The standard InChI is InChI=1S/C43H25NS2/c44-26-30-12-4-5-13-32(30)38-25-31(28-18-20-41-36(22-28)33-14-6-8-16-39(33)45-41)24-35(27-10-2-1-3-11-27)43(38)29-19-21-42-37(23-29)34-15-7-9-17-40(34)46-42/h1-25H. The molecule has 0 atom stereocenters. The molecule has 0 radical (unpaired) electrons. The number of hydrogen-bond donors (Lipinski definition) is 0. The van der Waals surface area contributed by atoms with Crippen LogP contribution in [0.5, 0.6) is 0 Å². The molecule has 46 heavy (non-hydrogen) atoms. The van der Waals surface area contributed by atoms with Crippen LogP contribution in [0.25, 0.3) is 84.9 Å². The summed E-state index contributed by atoms with van der Waals surface area (Å²) >= 11 is 3.67. The van der Waals surface area contributed by atoms with Gasteiger partial charge in [0.2, 0.25) is 0 Å². The number of nitrogens with zero attached hydrogens (tertiary/aromatic N) is 1. The third kappa shape index (κ3) is 4.35. The SMILES string of the molecule is N#Cc1ccccc1-c1cc(-c2ccc3sc4ccccc4c3c2)cc(-c2ccccc2)c1-c1ccc2sc3ccccc3c2c1. The van der Waals surface area contributed by atoms with Crippen LogP contribution < -0.4 is 0 Å². The van der Waals surface area contributed by atoms with Gasteiger partial charge in [-0.05, 0) is 93.5 Å². The largest absolute Gasteiger partial charge is 0.192 e. The molecular formula is C43H25NS2. The molecule has 2 heterocycles. The fourth-order valence-electron chi connectivity index (χ4n) is 6.78. The van der Waals surface area contributed by atoms with Gasteiger partial charge in [0, 0.05) is 45.9 Å². The van der Waals surface area contributed by atoms with E-state index >= 15 is 0 Å². The zero-order chi connectivity index (χ0) is 30.6. The predicted octanol–water partition coefficient (Wildman–Crippen LogP) is 13.0. The first-order valence-corrected chi connectivity index (χ1v) is 16.9. The van der Waals surface area contributed by atoms with Crippen molar-refractivity contribution in [3.05, 3.63) is 157 Å². The Balaban J connectivity index is 1.38. The van der Waals surface area contributed by atoms with Crippen molar-refractivity contribution in [2.24, 2.45) is 0 Å². The van der Waals surface area contributed by atoms with Crippen molar-refractivity contribution in [1.82, 2.24) is 0 Å². The average Bonchev–Trinajstić information content (AvgIpc) is 3.69. The van der Waals surface area contributed by atoms with Crippen molar-refractivity contribution in [3.8, 4) is 50.6 Å². The Morgan fingerprint density at radius 1 is 0.370 bits per heavy atom. The molecule has 0 aliphatic heterocycles. The normalized spacial score (nSPS) is 11.5. The lowest BCUT2D eigenvalue weighted by Gasteiger charge is -2.20. The summed E-state index contributed by atoms with van der Waals surface area (Å²) in [6, 6.07) is 56.8. The molecule has 0 saturated carbocycles. The first kappa shape index (κ1) is 26.8. The summed E-state index contributed by atoms with van der Waals surface area (Å²) in [6.45, 7) is 0. The maximum Gasteiger partial charge on any atom is 0.0998 e. The molecular weight excluding hydrogens is 595 g/mol. The molecule has 0 N–H and O–H groups in total. The highest BCUT2D eigenvalue weighted by molar-refractivity contribution is 7.26. The van der Waals surface area contributed by atoms with Crippen molar-refractivity contribution in [3.63, 3.8) is 0 Å². The van der Waals surface area contributed by atoms with Gasteiger partial charge in [-0.3, -0.25) is 0 Å². The Morgan fingerprint density at radius 2 is 0.913 bits per heavy atom. The monoisotopic (exact) mass is 619 g/mol. The maximum absolute atomic E-state index is 10.3. The van der Waals surface area contributed by atoms with E-state index in [-0.39, 0.29) is 0 Å². The summed E-state index contributed by atoms with van der Waals surface area (Å²) in [5, 5.41) is 15.4. The summed E-state index contributed by atoms with van der Waals surface area (Å²) in [5.74, 6) is 0. The van der Waals surface area contributed by atoms with E-state index in [0.29, 0.717) is 5.56 Å². The lowest BCUT2D eigenvalue weighted by atomic mass is 9.83.